The lowest BCUT2D eigenvalue weighted by atomic mass is 10.0. The molecule has 1 aromatic rings. The Hall–Kier alpha value is -1.13. The Morgan fingerprint density at radius 3 is 2.75 bits per heavy atom. The van der Waals surface area contributed by atoms with Gasteiger partial charge < -0.3 is 14.8 Å². The fraction of sp³-hybridized carbons (Fsp3) is 0.625. The van der Waals surface area contributed by atoms with Crippen LogP contribution in [0, 0.1) is 5.82 Å². The van der Waals surface area contributed by atoms with Gasteiger partial charge in [-0.1, -0.05) is 19.1 Å². The largest absolute Gasteiger partial charge is 0.494 e. The molecule has 0 fully saturated rings. The molecule has 1 aromatic carbocycles. The van der Waals surface area contributed by atoms with Gasteiger partial charge in [0.2, 0.25) is 0 Å². The highest BCUT2D eigenvalue weighted by Crippen LogP contribution is 2.27. The minimum absolute atomic E-state index is 0.00510. The van der Waals surface area contributed by atoms with E-state index in [0.29, 0.717) is 17.9 Å². The number of halogens is 1. The SMILES string of the molecule is CCCNC(CCCOCC)c1cccc(OC)c1F. The molecule has 0 spiro atoms. The van der Waals surface area contributed by atoms with E-state index in [1.807, 2.05) is 19.1 Å². The lowest BCUT2D eigenvalue weighted by Crippen LogP contribution is -2.23. The Balaban J connectivity index is 2.75. The van der Waals surface area contributed by atoms with Crippen LogP contribution in [-0.4, -0.2) is 26.9 Å². The molecule has 0 bridgehead atoms. The van der Waals surface area contributed by atoms with Crippen LogP contribution in [0.2, 0.25) is 0 Å². The van der Waals surface area contributed by atoms with E-state index < -0.39 is 0 Å². The van der Waals surface area contributed by atoms with Crippen molar-refractivity contribution in [2.24, 2.45) is 0 Å². The number of benzene rings is 1. The summed E-state index contributed by atoms with van der Waals surface area (Å²) in [6, 6.07) is 5.31. The van der Waals surface area contributed by atoms with Crippen molar-refractivity contribution in [1.82, 2.24) is 5.32 Å². The van der Waals surface area contributed by atoms with E-state index in [1.54, 1.807) is 6.07 Å². The minimum Gasteiger partial charge on any atom is -0.494 e. The van der Waals surface area contributed by atoms with Gasteiger partial charge in [0, 0.05) is 24.8 Å². The van der Waals surface area contributed by atoms with Crippen molar-refractivity contribution < 1.29 is 13.9 Å². The average molecular weight is 283 g/mol. The van der Waals surface area contributed by atoms with Crippen LogP contribution in [0.25, 0.3) is 0 Å². The zero-order valence-electron chi connectivity index (χ0n) is 12.7. The highest BCUT2D eigenvalue weighted by atomic mass is 19.1. The predicted octanol–water partition coefficient (Wildman–Crippen LogP) is 3.69. The summed E-state index contributed by atoms with van der Waals surface area (Å²) >= 11 is 0. The zero-order chi connectivity index (χ0) is 14.8. The summed E-state index contributed by atoms with van der Waals surface area (Å²) in [5.41, 5.74) is 0.675. The van der Waals surface area contributed by atoms with E-state index >= 15 is 0 Å². The molecule has 0 aliphatic heterocycles. The van der Waals surface area contributed by atoms with Crippen LogP contribution in [0.4, 0.5) is 4.39 Å². The lowest BCUT2D eigenvalue weighted by Gasteiger charge is -2.20. The normalized spacial score (nSPS) is 12.4. The maximum absolute atomic E-state index is 14.3. The van der Waals surface area contributed by atoms with Crippen molar-refractivity contribution in [2.45, 2.75) is 39.2 Å². The first kappa shape index (κ1) is 16.9. The van der Waals surface area contributed by atoms with Gasteiger partial charge in [0.1, 0.15) is 0 Å². The molecule has 1 rings (SSSR count). The Labute approximate surface area is 121 Å². The predicted molar refractivity (Wildman–Crippen MR) is 79.7 cm³/mol. The summed E-state index contributed by atoms with van der Waals surface area (Å²) in [4.78, 5) is 0. The molecule has 0 radical (unpaired) electrons. The molecule has 1 N–H and O–H groups in total. The molecule has 1 unspecified atom stereocenters. The maximum atomic E-state index is 14.3. The van der Waals surface area contributed by atoms with Crippen molar-refractivity contribution in [3.05, 3.63) is 29.6 Å². The van der Waals surface area contributed by atoms with Gasteiger partial charge in [-0.05, 0) is 38.8 Å². The molecule has 4 heteroatoms. The van der Waals surface area contributed by atoms with E-state index in [1.165, 1.54) is 7.11 Å². The van der Waals surface area contributed by atoms with Gasteiger partial charge in [0.25, 0.3) is 0 Å². The van der Waals surface area contributed by atoms with E-state index in [4.69, 9.17) is 9.47 Å². The van der Waals surface area contributed by atoms with E-state index in [9.17, 15) is 4.39 Å². The van der Waals surface area contributed by atoms with Crippen molar-refractivity contribution in [3.63, 3.8) is 0 Å². The van der Waals surface area contributed by atoms with Crippen molar-refractivity contribution in [3.8, 4) is 5.75 Å². The first-order valence-corrected chi connectivity index (χ1v) is 7.38. The molecule has 3 nitrogen and oxygen atoms in total. The Morgan fingerprint density at radius 1 is 1.30 bits per heavy atom. The summed E-state index contributed by atoms with van der Waals surface area (Å²) in [5, 5.41) is 3.40. The van der Waals surface area contributed by atoms with Gasteiger partial charge >= 0.3 is 0 Å². The van der Waals surface area contributed by atoms with Crippen molar-refractivity contribution in [1.29, 1.82) is 0 Å². The van der Waals surface area contributed by atoms with Crippen LogP contribution < -0.4 is 10.1 Å². The van der Waals surface area contributed by atoms with Gasteiger partial charge in [-0.2, -0.15) is 0 Å². The van der Waals surface area contributed by atoms with E-state index in [-0.39, 0.29) is 11.9 Å². The van der Waals surface area contributed by atoms with Gasteiger partial charge in [-0.15, -0.1) is 0 Å². The van der Waals surface area contributed by atoms with Crippen LogP contribution in [0.1, 0.15) is 44.7 Å². The fourth-order valence-electron chi connectivity index (χ4n) is 2.17. The van der Waals surface area contributed by atoms with Gasteiger partial charge in [-0.25, -0.2) is 4.39 Å². The molecule has 0 aliphatic rings. The zero-order valence-corrected chi connectivity index (χ0v) is 12.7. The average Bonchev–Trinajstić information content (AvgIpc) is 2.47. The number of hydrogen-bond donors (Lipinski definition) is 1. The Morgan fingerprint density at radius 2 is 2.10 bits per heavy atom. The van der Waals surface area contributed by atoms with Gasteiger partial charge in [0.05, 0.1) is 7.11 Å². The number of nitrogens with one attached hydrogen (secondary N) is 1. The van der Waals surface area contributed by atoms with E-state index in [2.05, 4.69) is 12.2 Å². The second-order valence-corrected chi connectivity index (χ2v) is 4.71. The van der Waals surface area contributed by atoms with Gasteiger partial charge in [0.15, 0.2) is 11.6 Å². The minimum atomic E-state index is -0.264. The third-order valence-electron chi connectivity index (χ3n) is 3.21. The lowest BCUT2D eigenvalue weighted by molar-refractivity contribution is 0.140. The molecule has 114 valence electrons. The third-order valence-corrected chi connectivity index (χ3v) is 3.21. The smallest absolute Gasteiger partial charge is 0.169 e. The molecule has 0 amide bonds. The van der Waals surface area contributed by atoms with Crippen molar-refractivity contribution >= 4 is 0 Å². The number of methoxy groups -OCH3 is 1. The molecule has 0 saturated carbocycles. The Kier molecular flexibility index (Phi) is 8.23. The highest BCUT2D eigenvalue weighted by Gasteiger charge is 2.17. The first-order chi connectivity index (χ1) is 9.74. The summed E-state index contributed by atoms with van der Waals surface area (Å²) in [7, 11) is 1.49. The number of hydrogen-bond acceptors (Lipinski definition) is 3. The molecular weight excluding hydrogens is 257 g/mol. The van der Waals surface area contributed by atoms with Crippen molar-refractivity contribution in [2.75, 3.05) is 26.9 Å². The first-order valence-electron chi connectivity index (χ1n) is 7.38. The molecule has 1 atom stereocenters. The molecule has 0 aliphatic carbocycles. The standard InChI is InChI=1S/C16H26FNO2/c1-4-11-18-14(9-7-12-20-5-2)13-8-6-10-15(19-3)16(13)17/h6,8,10,14,18H,4-5,7,9,11-12H2,1-3H3. The van der Waals surface area contributed by atoms with Crippen LogP contribution in [0.15, 0.2) is 18.2 Å². The van der Waals surface area contributed by atoms with Gasteiger partial charge in [-0.3, -0.25) is 0 Å². The fourth-order valence-corrected chi connectivity index (χ4v) is 2.17. The van der Waals surface area contributed by atoms with Crippen LogP contribution in [-0.2, 0) is 4.74 Å². The molecule has 0 aromatic heterocycles. The van der Waals surface area contributed by atoms with E-state index in [0.717, 1.165) is 32.4 Å². The monoisotopic (exact) mass is 283 g/mol. The van der Waals surface area contributed by atoms with Crippen LogP contribution in [0.5, 0.6) is 5.75 Å². The topological polar surface area (TPSA) is 30.5 Å². The summed E-state index contributed by atoms with van der Waals surface area (Å²) in [5.74, 6) is 0.0376. The van der Waals surface area contributed by atoms with Crippen LogP contribution in [0.3, 0.4) is 0 Å². The number of rotatable bonds is 10. The summed E-state index contributed by atoms with van der Waals surface area (Å²) in [6.45, 7) is 6.39. The molecule has 20 heavy (non-hydrogen) atoms. The quantitative estimate of drug-likeness (QED) is 0.664. The maximum Gasteiger partial charge on any atom is 0.169 e. The third kappa shape index (κ3) is 5.10. The highest BCUT2D eigenvalue weighted by molar-refractivity contribution is 5.33. The summed E-state index contributed by atoms with van der Waals surface area (Å²) in [6.07, 6.45) is 2.78. The molecular formula is C16H26FNO2. The second kappa shape index (κ2) is 9.72. The number of ether oxygens (including phenoxy) is 2. The molecule has 0 heterocycles. The Bertz CT molecular complexity index is 385. The molecule has 0 saturated heterocycles. The summed E-state index contributed by atoms with van der Waals surface area (Å²) < 4.78 is 24.7. The van der Waals surface area contributed by atoms with Crippen LogP contribution >= 0.6 is 0 Å². The second-order valence-electron chi connectivity index (χ2n) is 4.71.